The highest BCUT2D eigenvalue weighted by Crippen LogP contribution is 2.27. The first-order valence-corrected chi connectivity index (χ1v) is 14.6. The highest BCUT2D eigenvalue weighted by Gasteiger charge is 2.39. The van der Waals surface area contributed by atoms with Crippen molar-refractivity contribution < 1.29 is 28.2 Å². The number of nitrogens with one attached hydrogen (secondary N) is 2. The molecular weight excluding hydrogens is 579 g/mol. The minimum Gasteiger partial charge on any atom is -0.486 e. The number of fused-ring (bicyclic) bond motifs is 7. The Morgan fingerprint density at radius 3 is 2.51 bits per heavy atom. The summed E-state index contributed by atoms with van der Waals surface area (Å²) in [6.45, 7) is 2.59. The number of benzene rings is 3. The Morgan fingerprint density at radius 2 is 1.73 bits per heavy atom. The summed E-state index contributed by atoms with van der Waals surface area (Å²) in [7, 11) is 0. The number of amides is 3. The van der Waals surface area contributed by atoms with Crippen molar-refractivity contribution in [3.05, 3.63) is 118 Å². The Hall–Kier alpha value is -5.45. The highest BCUT2D eigenvalue weighted by atomic mass is 19.1. The van der Waals surface area contributed by atoms with Crippen molar-refractivity contribution in [3.8, 4) is 22.6 Å². The molecule has 0 radical (unpaired) electrons. The van der Waals surface area contributed by atoms with Crippen molar-refractivity contribution in [3.63, 3.8) is 0 Å². The molecule has 7 rings (SSSR count). The van der Waals surface area contributed by atoms with E-state index in [1.54, 1.807) is 66.9 Å². The number of aryl methyl sites for hydroxylation is 1. The molecule has 10 nitrogen and oxygen atoms in total. The van der Waals surface area contributed by atoms with E-state index < -0.39 is 23.9 Å². The largest absolute Gasteiger partial charge is 0.486 e. The maximum absolute atomic E-state index is 15.1. The molecule has 1 saturated heterocycles. The van der Waals surface area contributed by atoms with Gasteiger partial charge in [0.25, 0.3) is 23.3 Å². The molecule has 2 atom stereocenters. The average Bonchev–Trinajstić information content (AvgIpc) is 3.44. The Morgan fingerprint density at radius 1 is 0.933 bits per heavy atom. The molecule has 3 aliphatic rings. The first-order valence-electron chi connectivity index (χ1n) is 14.6. The number of likely N-dealkylation sites (tertiary alicyclic amines) is 1. The number of pyridine rings is 1. The Balaban J connectivity index is 1.33. The third-order valence-electron chi connectivity index (χ3n) is 7.90. The van der Waals surface area contributed by atoms with E-state index in [0.717, 1.165) is 5.56 Å². The normalized spacial score (nSPS) is 18.2. The molecule has 4 aromatic rings. The van der Waals surface area contributed by atoms with E-state index in [0.29, 0.717) is 29.2 Å². The Labute approximate surface area is 258 Å². The topological polar surface area (TPSA) is 119 Å². The minimum absolute atomic E-state index is 0.0803. The number of hydrogen-bond acceptors (Lipinski definition) is 6. The van der Waals surface area contributed by atoms with Crippen LogP contribution < -0.4 is 25.7 Å². The number of carbonyl (C=O) groups excluding carboxylic acids is 3. The van der Waals surface area contributed by atoms with E-state index in [-0.39, 0.29) is 54.7 Å². The van der Waals surface area contributed by atoms with Gasteiger partial charge in [-0.05, 0) is 66.1 Å². The van der Waals surface area contributed by atoms with Crippen LogP contribution in [-0.4, -0.2) is 59.0 Å². The van der Waals surface area contributed by atoms with Gasteiger partial charge < -0.3 is 29.6 Å². The van der Waals surface area contributed by atoms with Crippen molar-refractivity contribution in [1.82, 2.24) is 20.1 Å². The maximum atomic E-state index is 15.1. The number of hydrogen-bond donors (Lipinski definition) is 2. The third-order valence-corrected chi connectivity index (χ3v) is 7.90. The van der Waals surface area contributed by atoms with Gasteiger partial charge >= 0.3 is 0 Å². The summed E-state index contributed by atoms with van der Waals surface area (Å²) in [5, 5.41) is 5.71. The SMILES string of the molecule is CCn1ccc(C(=O)N2C[C@@H]3NC(=O)c4cc(ccc4F)-c4cccc(c4)OCC(=O)NCc4ccc(cc4)O[C@H]3C2)cc1=O. The van der Waals surface area contributed by atoms with Gasteiger partial charge in [0.1, 0.15) is 23.4 Å². The first kappa shape index (κ1) is 29.6. The van der Waals surface area contributed by atoms with Crippen molar-refractivity contribution in [1.29, 1.82) is 0 Å². The summed E-state index contributed by atoms with van der Waals surface area (Å²) in [4.78, 5) is 53.4. The van der Waals surface area contributed by atoms with E-state index >= 15 is 4.39 Å². The quantitative estimate of drug-likeness (QED) is 0.359. The molecule has 2 N–H and O–H groups in total. The molecule has 0 spiro atoms. The van der Waals surface area contributed by atoms with Crippen LogP contribution >= 0.6 is 0 Å². The van der Waals surface area contributed by atoms with Crippen LogP contribution in [0, 0.1) is 5.82 Å². The second-order valence-electron chi connectivity index (χ2n) is 10.9. The van der Waals surface area contributed by atoms with Crippen LogP contribution in [0.1, 0.15) is 33.2 Å². The molecular formula is C34H31FN4O6. The molecule has 3 aliphatic heterocycles. The lowest BCUT2D eigenvalue weighted by molar-refractivity contribution is -0.123. The fourth-order valence-corrected chi connectivity index (χ4v) is 5.43. The zero-order valence-electron chi connectivity index (χ0n) is 24.5. The fraction of sp³-hybridized carbons (Fsp3) is 0.235. The summed E-state index contributed by atoms with van der Waals surface area (Å²) in [6, 6.07) is 20.4. The molecule has 1 aromatic heterocycles. The number of ether oxygens (including phenoxy) is 2. The molecule has 1 fully saturated rings. The van der Waals surface area contributed by atoms with Crippen molar-refractivity contribution in [2.75, 3.05) is 19.7 Å². The second kappa shape index (κ2) is 12.7. The van der Waals surface area contributed by atoms with Crippen LogP contribution in [0.15, 0.2) is 89.9 Å². The molecule has 0 saturated carbocycles. The van der Waals surface area contributed by atoms with Crippen molar-refractivity contribution in [2.45, 2.75) is 32.2 Å². The fourth-order valence-electron chi connectivity index (χ4n) is 5.43. The van der Waals surface area contributed by atoms with Crippen LogP contribution in [0.25, 0.3) is 11.1 Å². The summed E-state index contributed by atoms with van der Waals surface area (Å²) in [5.74, 6) is -1.13. The van der Waals surface area contributed by atoms with E-state index in [9.17, 15) is 19.2 Å². The molecule has 6 bridgehead atoms. The smallest absolute Gasteiger partial charge is 0.258 e. The number of aromatic nitrogens is 1. The minimum atomic E-state index is -0.710. The van der Waals surface area contributed by atoms with Gasteiger partial charge in [-0.3, -0.25) is 19.2 Å². The average molecular weight is 611 g/mol. The molecule has 3 aromatic carbocycles. The van der Waals surface area contributed by atoms with Crippen LogP contribution in [-0.2, 0) is 17.9 Å². The van der Waals surface area contributed by atoms with Gasteiger partial charge in [0.2, 0.25) is 0 Å². The maximum Gasteiger partial charge on any atom is 0.258 e. The van der Waals surface area contributed by atoms with E-state index in [2.05, 4.69) is 10.6 Å². The molecule has 11 heteroatoms. The lowest BCUT2D eigenvalue weighted by Gasteiger charge is -2.21. The van der Waals surface area contributed by atoms with Gasteiger partial charge in [-0.2, -0.15) is 0 Å². The van der Waals surface area contributed by atoms with Crippen LogP contribution in [0.2, 0.25) is 0 Å². The molecule has 230 valence electrons. The predicted molar refractivity (Wildman–Crippen MR) is 164 cm³/mol. The molecule has 45 heavy (non-hydrogen) atoms. The molecule has 3 amide bonds. The standard InChI is InChI=1S/C34H31FN4O6/c1-2-38-13-12-24(16-32(38)41)34(43)39-18-29-30(19-39)45-25-9-6-21(7-10-25)17-36-31(40)20-44-26-5-3-4-22(14-26)23-8-11-28(35)27(15-23)33(42)37-29/h3-16,29-30H,2,17-20H2,1H3,(H,36,40)(H,37,42)/t29-,30-/m0/s1. The molecule has 0 unspecified atom stereocenters. The first-order chi connectivity index (χ1) is 21.8. The van der Waals surface area contributed by atoms with Crippen molar-refractivity contribution >= 4 is 17.7 Å². The number of nitrogens with zero attached hydrogens (tertiary/aromatic N) is 2. The van der Waals surface area contributed by atoms with E-state index in [1.165, 1.54) is 27.7 Å². The Bertz CT molecular complexity index is 1820. The summed E-state index contributed by atoms with van der Waals surface area (Å²) in [6.07, 6.45) is 0.895. The van der Waals surface area contributed by atoms with Gasteiger partial charge in [-0.1, -0.05) is 30.3 Å². The zero-order valence-corrected chi connectivity index (χ0v) is 24.5. The highest BCUT2D eigenvalue weighted by molar-refractivity contribution is 5.97. The van der Waals surface area contributed by atoms with Gasteiger partial charge in [-0.15, -0.1) is 0 Å². The summed E-state index contributed by atoms with van der Waals surface area (Å²) < 4.78 is 28.5. The molecule has 4 heterocycles. The number of carbonyl (C=O) groups is 3. The third kappa shape index (κ3) is 6.57. The zero-order chi connectivity index (χ0) is 31.5. The monoisotopic (exact) mass is 610 g/mol. The lowest BCUT2D eigenvalue weighted by atomic mass is 10.0. The van der Waals surface area contributed by atoms with E-state index in [1.807, 2.05) is 6.92 Å². The molecule has 0 aliphatic carbocycles. The second-order valence-corrected chi connectivity index (χ2v) is 10.9. The van der Waals surface area contributed by atoms with Gasteiger partial charge in [0, 0.05) is 37.5 Å². The van der Waals surface area contributed by atoms with E-state index in [4.69, 9.17) is 9.47 Å². The van der Waals surface area contributed by atoms with Crippen LogP contribution in [0.4, 0.5) is 4.39 Å². The number of halogens is 1. The van der Waals surface area contributed by atoms with Crippen LogP contribution in [0.3, 0.4) is 0 Å². The van der Waals surface area contributed by atoms with Gasteiger partial charge in [0.05, 0.1) is 18.2 Å². The van der Waals surface area contributed by atoms with Gasteiger partial charge in [-0.25, -0.2) is 4.39 Å². The lowest BCUT2D eigenvalue weighted by Crippen LogP contribution is -2.45. The van der Waals surface area contributed by atoms with Crippen molar-refractivity contribution in [2.24, 2.45) is 0 Å². The number of rotatable bonds is 2. The predicted octanol–water partition coefficient (Wildman–Crippen LogP) is 3.38. The summed E-state index contributed by atoms with van der Waals surface area (Å²) in [5.41, 5.74) is 1.83. The Kier molecular flexibility index (Phi) is 8.33. The van der Waals surface area contributed by atoms with Gasteiger partial charge in [0.15, 0.2) is 6.61 Å². The van der Waals surface area contributed by atoms with Crippen LogP contribution in [0.5, 0.6) is 11.5 Å². The summed E-state index contributed by atoms with van der Waals surface area (Å²) >= 11 is 0.